The lowest BCUT2D eigenvalue weighted by atomic mass is 10.0. The number of urea groups is 1. The van der Waals surface area contributed by atoms with Gasteiger partial charge in [-0.3, -0.25) is 9.69 Å². The molecule has 0 saturated carbocycles. The van der Waals surface area contributed by atoms with Gasteiger partial charge in [-0.15, -0.1) is 0 Å². The van der Waals surface area contributed by atoms with Gasteiger partial charge in [0.15, 0.2) is 0 Å². The Kier molecular flexibility index (Phi) is 6.65. The summed E-state index contributed by atoms with van der Waals surface area (Å²) in [6.07, 6.45) is 2.73. The lowest BCUT2D eigenvalue weighted by molar-refractivity contribution is -0.126. The van der Waals surface area contributed by atoms with Crippen LogP contribution in [0.25, 0.3) is 0 Å². The van der Waals surface area contributed by atoms with Crippen LogP contribution in [0.1, 0.15) is 26.2 Å². The van der Waals surface area contributed by atoms with E-state index in [1.807, 2.05) is 18.9 Å². The SMILES string of the molecule is COCCCNC(=O)[C@@H](C)N1CCC(N2CCN(C)C2=O)CC1. The molecule has 0 unspecified atom stereocenters. The Morgan fingerprint density at radius 1 is 1.30 bits per heavy atom. The maximum absolute atomic E-state index is 12.2. The molecule has 2 heterocycles. The molecule has 2 saturated heterocycles. The second-order valence-corrected chi connectivity index (χ2v) is 6.48. The smallest absolute Gasteiger partial charge is 0.320 e. The highest BCUT2D eigenvalue weighted by Crippen LogP contribution is 2.21. The number of amides is 3. The van der Waals surface area contributed by atoms with Gasteiger partial charge < -0.3 is 19.9 Å². The first-order chi connectivity index (χ1) is 11.0. The lowest BCUT2D eigenvalue weighted by Crippen LogP contribution is -2.52. The van der Waals surface area contributed by atoms with Gasteiger partial charge in [0.2, 0.25) is 5.91 Å². The number of carbonyl (C=O) groups excluding carboxylic acids is 2. The standard InChI is InChI=1S/C16H30N4O3/c1-13(15(21)17-7-4-12-23-3)19-8-5-14(6-9-19)20-11-10-18(2)16(20)22/h13-14H,4-12H2,1-3H3,(H,17,21)/t13-/m1/s1. The number of nitrogens with zero attached hydrogens (tertiary/aromatic N) is 3. The van der Waals surface area contributed by atoms with Crippen molar-refractivity contribution in [2.45, 2.75) is 38.3 Å². The van der Waals surface area contributed by atoms with Gasteiger partial charge >= 0.3 is 6.03 Å². The molecule has 0 spiro atoms. The third-order valence-corrected chi connectivity index (χ3v) is 4.94. The first-order valence-electron chi connectivity index (χ1n) is 8.57. The summed E-state index contributed by atoms with van der Waals surface area (Å²) in [6, 6.07) is 0.350. The van der Waals surface area contributed by atoms with E-state index in [0.29, 0.717) is 19.2 Å². The van der Waals surface area contributed by atoms with E-state index in [0.717, 1.165) is 45.4 Å². The number of hydrogen-bond acceptors (Lipinski definition) is 4. The van der Waals surface area contributed by atoms with Gasteiger partial charge in [0.25, 0.3) is 0 Å². The molecule has 7 nitrogen and oxygen atoms in total. The quantitative estimate of drug-likeness (QED) is 0.686. The number of nitrogens with one attached hydrogen (secondary N) is 1. The van der Waals surface area contributed by atoms with Crippen LogP contribution >= 0.6 is 0 Å². The van der Waals surface area contributed by atoms with Gasteiger partial charge in [-0.05, 0) is 26.2 Å². The Morgan fingerprint density at radius 2 is 2.00 bits per heavy atom. The molecule has 2 aliphatic heterocycles. The van der Waals surface area contributed by atoms with Crippen LogP contribution in [0.4, 0.5) is 4.79 Å². The highest BCUT2D eigenvalue weighted by atomic mass is 16.5. The Morgan fingerprint density at radius 3 is 2.57 bits per heavy atom. The molecule has 0 aromatic carbocycles. The molecule has 2 fully saturated rings. The maximum atomic E-state index is 12.2. The number of rotatable bonds is 7. The third-order valence-electron chi connectivity index (χ3n) is 4.94. The molecule has 0 aromatic rings. The average Bonchev–Trinajstić information content (AvgIpc) is 2.90. The van der Waals surface area contributed by atoms with Crippen molar-refractivity contribution in [1.82, 2.24) is 20.0 Å². The topological polar surface area (TPSA) is 65.1 Å². The van der Waals surface area contributed by atoms with E-state index < -0.39 is 0 Å². The molecule has 0 aliphatic carbocycles. The largest absolute Gasteiger partial charge is 0.385 e. The summed E-state index contributed by atoms with van der Waals surface area (Å²) in [5, 5.41) is 2.96. The first-order valence-corrected chi connectivity index (χ1v) is 8.57. The maximum Gasteiger partial charge on any atom is 0.320 e. The van der Waals surface area contributed by atoms with Crippen LogP contribution < -0.4 is 5.32 Å². The second kappa shape index (κ2) is 8.49. The van der Waals surface area contributed by atoms with E-state index in [1.165, 1.54) is 0 Å². The van der Waals surface area contributed by atoms with Gasteiger partial charge in [-0.25, -0.2) is 4.79 Å². The molecule has 1 atom stereocenters. The van der Waals surface area contributed by atoms with Crippen LogP contribution in [-0.2, 0) is 9.53 Å². The molecule has 23 heavy (non-hydrogen) atoms. The minimum atomic E-state index is -0.115. The molecular weight excluding hydrogens is 296 g/mol. The van der Waals surface area contributed by atoms with Crippen molar-refractivity contribution in [3.05, 3.63) is 0 Å². The Balaban J connectivity index is 1.73. The summed E-state index contributed by atoms with van der Waals surface area (Å²) in [5.41, 5.74) is 0. The normalized spacial score (nSPS) is 21.8. The van der Waals surface area contributed by atoms with E-state index in [4.69, 9.17) is 4.74 Å². The predicted molar refractivity (Wildman–Crippen MR) is 88.3 cm³/mol. The van der Waals surface area contributed by atoms with Gasteiger partial charge in [0.1, 0.15) is 0 Å². The number of piperidine rings is 1. The molecule has 2 aliphatic rings. The fourth-order valence-electron chi connectivity index (χ4n) is 3.33. The summed E-state index contributed by atoms with van der Waals surface area (Å²) >= 11 is 0. The second-order valence-electron chi connectivity index (χ2n) is 6.48. The molecule has 2 rings (SSSR count). The molecule has 0 radical (unpaired) electrons. The number of ether oxygens (including phenoxy) is 1. The van der Waals surface area contributed by atoms with Crippen molar-refractivity contribution < 1.29 is 14.3 Å². The summed E-state index contributed by atoms with van der Waals surface area (Å²) in [6.45, 7) is 6.66. The molecule has 132 valence electrons. The zero-order valence-corrected chi connectivity index (χ0v) is 14.6. The van der Waals surface area contributed by atoms with Gasteiger partial charge in [-0.2, -0.15) is 0 Å². The molecule has 3 amide bonds. The number of hydrogen-bond donors (Lipinski definition) is 1. The van der Waals surface area contributed by atoms with Gasteiger partial charge in [0, 0.05) is 59.5 Å². The van der Waals surface area contributed by atoms with E-state index in [-0.39, 0.29) is 18.0 Å². The molecule has 1 N–H and O–H groups in total. The lowest BCUT2D eigenvalue weighted by Gasteiger charge is -2.38. The van der Waals surface area contributed by atoms with Crippen molar-refractivity contribution >= 4 is 11.9 Å². The van der Waals surface area contributed by atoms with E-state index in [9.17, 15) is 9.59 Å². The van der Waals surface area contributed by atoms with Gasteiger partial charge in [-0.1, -0.05) is 0 Å². The number of methoxy groups -OCH3 is 1. The highest BCUT2D eigenvalue weighted by Gasteiger charge is 2.35. The van der Waals surface area contributed by atoms with Gasteiger partial charge in [0.05, 0.1) is 6.04 Å². The van der Waals surface area contributed by atoms with Crippen molar-refractivity contribution in [1.29, 1.82) is 0 Å². The van der Waals surface area contributed by atoms with E-state index in [2.05, 4.69) is 10.2 Å². The van der Waals surface area contributed by atoms with E-state index in [1.54, 1.807) is 12.0 Å². The summed E-state index contributed by atoms with van der Waals surface area (Å²) < 4.78 is 4.98. The predicted octanol–water partition coefficient (Wildman–Crippen LogP) is 0.359. The van der Waals surface area contributed by atoms with Crippen molar-refractivity contribution in [2.24, 2.45) is 0 Å². The molecular formula is C16H30N4O3. The average molecular weight is 326 g/mol. The fourth-order valence-corrected chi connectivity index (χ4v) is 3.33. The Hall–Kier alpha value is -1.34. The molecule has 0 aromatic heterocycles. The minimum Gasteiger partial charge on any atom is -0.385 e. The Bertz CT molecular complexity index is 410. The first kappa shape index (κ1) is 18.0. The summed E-state index contributed by atoms with van der Waals surface area (Å²) in [7, 11) is 3.52. The minimum absolute atomic E-state index is 0.0801. The zero-order valence-electron chi connectivity index (χ0n) is 14.6. The van der Waals surface area contributed by atoms with Crippen molar-refractivity contribution in [2.75, 3.05) is 53.5 Å². The van der Waals surface area contributed by atoms with E-state index >= 15 is 0 Å². The monoisotopic (exact) mass is 326 g/mol. The Labute approximate surface area is 138 Å². The summed E-state index contributed by atoms with van der Waals surface area (Å²) in [5.74, 6) is 0.0801. The van der Waals surface area contributed by atoms with Crippen LogP contribution in [0.5, 0.6) is 0 Å². The van der Waals surface area contributed by atoms with Crippen LogP contribution in [-0.4, -0.2) is 92.2 Å². The van der Waals surface area contributed by atoms with Crippen LogP contribution in [0.15, 0.2) is 0 Å². The number of carbonyl (C=O) groups is 2. The fraction of sp³-hybridized carbons (Fsp3) is 0.875. The number of likely N-dealkylation sites (N-methyl/N-ethyl adjacent to an activating group) is 1. The van der Waals surface area contributed by atoms with Crippen molar-refractivity contribution in [3.8, 4) is 0 Å². The van der Waals surface area contributed by atoms with Crippen LogP contribution in [0.2, 0.25) is 0 Å². The third kappa shape index (κ3) is 4.57. The molecule has 0 bridgehead atoms. The van der Waals surface area contributed by atoms with Crippen LogP contribution in [0, 0.1) is 0 Å². The zero-order chi connectivity index (χ0) is 16.8. The molecule has 7 heteroatoms. The van der Waals surface area contributed by atoms with Crippen molar-refractivity contribution in [3.63, 3.8) is 0 Å². The highest BCUT2D eigenvalue weighted by molar-refractivity contribution is 5.81. The van der Waals surface area contributed by atoms with Crippen LogP contribution in [0.3, 0.4) is 0 Å². The summed E-state index contributed by atoms with van der Waals surface area (Å²) in [4.78, 5) is 30.2. The number of likely N-dealkylation sites (tertiary alicyclic amines) is 1.